The predicted octanol–water partition coefficient (Wildman–Crippen LogP) is 1.45. The summed E-state index contributed by atoms with van der Waals surface area (Å²) in [4.78, 5) is 38.6. The lowest BCUT2D eigenvalue weighted by atomic mass is 9.98. The average Bonchev–Trinajstić information content (AvgIpc) is 2.79. The number of carbonyl (C=O) groups is 2. The minimum atomic E-state index is -3.61. The van der Waals surface area contributed by atoms with Gasteiger partial charge in [-0.2, -0.15) is 4.31 Å². The van der Waals surface area contributed by atoms with Crippen molar-refractivity contribution in [2.45, 2.75) is 24.7 Å². The Bertz CT molecular complexity index is 1110. The minimum absolute atomic E-state index is 0.0200. The Morgan fingerprint density at radius 1 is 1.22 bits per heavy atom. The summed E-state index contributed by atoms with van der Waals surface area (Å²) in [7, 11) is -3.61. The van der Waals surface area contributed by atoms with Crippen molar-refractivity contribution in [2.24, 2.45) is 5.92 Å². The molecule has 2 N–H and O–H groups in total. The van der Waals surface area contributed by atoms with E-state index < -0.39 is 26.8 Å². The maximum Gasteiger partial charge on any atom is 0.313 e. The third kappa shape index (κ3) is 5.45. The smallest absolute Gasteiger partial charge is 0.313 e. The van der Waals surface area contributed by atoms with Crippen LogP contribution in [0.15, 0.2) is 47.6 Å². The lowest BCUT2D eigenvalue weighted by Crippen LogP contribution is -2.43. The normalized spacial score (nSPS) is 15.2. The maximum atomic E-state index is 12.6. The van der Waals surface area contributed by atoms with Gasteiger partial charge in [0.15, 0.2) is 0 Å². The monoisotopic (exact) mass is 461 g/mol. The third-order valence-corrected chi connectivity index (χ3v) is 7.17. The Labute approximate surface area is 185 Å². The predicted molar refractivity (Wildman–Crippen MR) is 115 cm³/mol. The van der Waals surface area contributed by atoms with Crippen molar-refractivity contribution in [1.82, 2.24) is 14.6 Å². The van der Waals surface area contributed by atoms with E-state index in [2.05, 4.69) is 15.6 Å². The van der Waals surface area contributed by atoms with Gasteiger partial charge in [-0.25, -0.2) is 8.42 Å². The van der Waals surface area contributed by atoms with Gasteiger partial charge in [0.05, 0.1) is 10.6 Å². The van der Waals surface area contributed by atoms with Crippen LogP contribution in [0.25, 0.3) is 0 Å². The topological polar surface area (TPSA) is 152 Å². The first-order valence-corrected chi connectivity index (χ1v) is 11.4. The summed E-state index contributed by atoms with van der Waals surface area (Å²) in [5, 5.41) is 15.8. The molecule has 2 aromatic rings. The van der Waals surface area contributed by atoms with Gasteiger partial charge in [-0.3, -0.25) is 24.7 Å². The molecule has 1 aliphatic heterocycles. The van der Waals surface area contributed by atoms with Gasteiger partial charge in [0.25, 0.3) is 5.69 Å². The zero-order valence-electron chi connectivity index (χ0n) is 17.4. The number of piperidine rings is 1. The first-order valence-electron chi connectivity index (χ1n) is 9.93. The first-order chi connectivity index (χ1) is 15.2. The van der Waals surface area contributed by atoms with Gasteiger partial charge < -0.3 is 10.6 Å². The number of carbonyl (C=O) groups excluding carboxylic acids is 2. The Morgan fingerprint density at radius 2 is 1.94 bits per heavy atom. The second kappa shape index (κ2) is 9.83. The van der Waals surface area contributed by atoms with E-state index in [0.717, 1.165) is 0 Å². The fourth-order valence-corrected chi connectivity index (χ4v) is 4.79. The molecule has 1 aliphatic rings. The van der Waals surface area contributed by atoms with E-state index in [-0.39, 0.29) is 28.7 Å². The molecule has 12 heteroatoms. The van der Waals surface area contributed by atoms with E-state index in [0.29, 0.717) is 31.5 Å². The van der Waals surface area contributed by atoms with Crippen LogP contribution in [0.2, 0.25) is 0 Å². The summed E-state index contributed by atoms with van der Waals surface area (Å²) in [6.07, 6.45) is 3.88. The summed E-state index contributed by atoms with van der Waals surface area (Å²) >= 11 is 0. The van der Waals surface area contributed by atoms with E-state index in [1.165, 1.54) is 41.0 Å². The van der Waals surface area contributed by atoms with Crippen molar-refractivity contribution in [1.29, 1.82) is 0 Å². The van der Waals surface area contributed by atoms with Crippen LogP contribution < -0.4 is 10.6 Å². The van der Waals surface area contributed by atoms with Crippen LogP contribution in [0.5, 0.6) is 0 Å². The number of amides is 2. The van der Waals surface area contributed by atoms with Crippen molar-refractivity contribution < 1.29 is 22.9 Å². The number of nitrogens with zero attached hydrogens (tertiary/aromatic N) is 3. The van der Waals surface area contributed by atoms with Crippen LogP contribution in [0.4, 0.5) is 11.4 Å². The number of benzene rings is 1. The highest BCUT2D eigenvalue weighted by Crippen LogP contribution is 2.23. The second-order valence-corrected chi connectivity index (χ2v) is 9.39. The number of rotatable bonds is 6. The summed E-state index contributed by atoms with van der Waals surface area (Å²) in [5.74, 6) is -1.77. The number of nitro groups is 1. The van der Waals surface area contributed by atoms with Gasteiger partial charge in [-0.1, -0.05) is 6.07 Å². The molecule has 2 amide bonds. The molecule has 0 unspecified atom stereocenters. The number of nitro benzene ring substituents is 1. The van der Waals surface area contributed by atoms with E-state index in [9.17, 15) is 28.1 Å². The molecule has 1 aromatic heterocycles. The number of pyridine rings is 1. The number of hydrogen-bond donors (Lipinski definition) is 2. The van der Waals surface area contributed by atoms with Crippen molar-refractivity contribution in [3.8, 4) is 0 Å². The Hall–Kier alpha value is -3.38. The molecule has 0 radical (unpaired) electrons. The van der Waals surface area contributed by atoms with Crippen LogP contribution in [-0.4, -0.2) is 54.1 Å². The number of aryl methyl sites for hydroxylation is 1. The highest BCUT2D eigenvalue weighted by Gasteiger charge is 2.30. The standard InChI is InChI=1S/C20H23N5O6S/c1-14-4-5-16(25(28)29)11-18(14)23-20(27)19(26)22-12-15-6-9-24(10-7-15)32(30,31)17-3-2-8-21-13-17/h2-5,8,11,13,15H,6-7,9-10,12H2,1H3,(H,22,26)(H,23,27). The average molecular weight is 462 g/mol. The van der Waals surface area contributed by atoms with E-state index >= 15 is 0 Å². The molecule has 1 aromatic carbocycles. The molecule has 0 aliphatic carbocycles. The summed E-state index contributed by atoms with van der Waals surface area (Å²) in [6, 6.07) is 7.05. The molecular formula is C20H23N5O6S. The molecule has 0 saturated carbocycles. The Balaban J connectivity index is 1.49. The number of non-ortho nitro benzene ring substituents is 1. The second-order valence-electron chi connectivity index (χ2n) is 7.46. The van der Waals surface area contributed by atoms with Gasteiger partial charge in [0, 0.05) is 44.2 Å². The molecule has 0 bridgehead atoms. The van der Waals surface area contributed by atoms with Gasteiger partial charge >= 0.3 is 11.8 Å². The van der Waals surface area contributed by atoms with Gasteiger partial charge in [-0.05, 0) is 43.4 Å². The van der Waals surface area contributed by atoms with Crippen molar-refractivity contribution in [2.75, 3.05) is 25.0 Å². The minimum Gasteiger partial charge on any atom is -0.348 e. The zero-order chi connectivity index (χ0) is 23.3. The van der Waals surface area contributed by atoms with Crippen molar-refractivity contribution >= 4 is 33.2 Å². The fourth-order valence-electron chi connectivity index (χ4n) is 3.36. The molecule has 32 heavy (non-hydrogen) atoms. The SMILES string of the molecule is Cc1ccc([N+](=O)[O-])cc1NC(=O)C(=O)NCC1CCN(S(=O)(=O)c2cccnc2)CC1. The van der Waals surface area contributed by atoms with Crippen LogP contribution >= 0.6 is 0 Å². The Kier molecular flexibility index (Phi) is 7.15. The van der Waals surface area contributed by atoms with Gasteiger partial charge in [0.1, 0.15) is 4.90 Å². The molecule has 170 valence electrons. The third-order valence-electron chi connectivity index (χ3n) is 5.28. The summed E-state index contributed by atoms with van der Waals surface area (Å²) < 4.78 is 26.7. The van der Waals surface area contributed by atoms with E-state index in [1.54, 1.807) is 13.0 Å². The number of hydrogen-bond acceptors (Lipinski definition) is 7. The lowest BCUT2D eigenvalue weighted by Gasteiger charge is -2.31. The van der Waals surface area contributed by atoms with Gasteiger partial charge in [0.2, 0.25) is 10.0 Å². The summed E-state index contributed by atoms with van der Waals surface area (Å²) in [5.41, 5.74) is 0.575. The molecule has 3 rings (SSSR count). The maximum absolute atomic E-state index is 12.6. The van der Waals surface area contributed by atoms with Crippen molar-refractivity contribution in [3.63, 3.8) is 0 Å². The number of aromatic nitrogens is 1. The number of nitrogens with one attached hydrogen (secondary N) is 2. The molecule has 1 fully saturated rings. The molecule has 1 saturated heterocycles. The zero-order valence-corrected chi connectivity index (χ0v) is 18.2. The largest absolute Gasteiger partial charge is 0.348 e. The van der Waals surface area contributed by atoms with Crippen LogP contribution in [0.3, 0.4) is 0 Å². The number of sulfonamides is 1. The van der Waals surface area contributed by atoms with Crippen LogP contribution in [0, 0.1) is 23.0 Å². The molecule has 11 nitrogen and oxygen atoms in total. The highest BCUT2D eigenvalue weighted by molar-refractivity contribution is 7.89. The molecule has 0 atom stereocenters. The van der Waals surface area contributed by atoms with Crippen LogP contribution in [-0.2, 0) is 19.6 Å². The van der Waals surface area contributed by atoms with E-state index in [4.69, 9.17) is 0 Å². The van der Waals surface area contributed by atoms with Crippen molar-refractivity contribution in [3.05, 3.63) is 58.4 Å². The molecular weight excluding hydrogens is 438 g/mol. The Morgan fingerprint density at radius 3 is 2.56 bits per heavy atom. The first kappa shape index (κ1) is 23.3. The van der Waals surface area contributed by atoms with Crippen LogP contribution in [0.1, 0.15) is 18.4 Å². The van der Waals surface area contributed by atoms with E-state index in [1.807, 2.05) is 0 Å². The highest BCUT2D eigenvalue weighted by atomic mass is 32.2. The summed E-state index contributed by atoms with van der Waals surface area (Å²) in [6.45, 7) is 2.49. The molecule has 0 spiro atoms. The fraction of sp³-hybridized carbons (Fsp3) is 0.350. The number of anilines is 1. The lowest BCUT2D eigenvalue weighted by molar-refractivity contribution is -0.384. The molecule has 2 heterocycles. The van der Waals surface area contributed by atoms with Gasteiger partial charge in [-0.15, -0.1) is 0 Å². The quantitative estimate of drug-likeness (QED) is 0.375.